The molecule has 4 nitrogen and oxygen atoms in total. The van der Waals surface area contributed by atoms with Gasteiger partial charge in [-0.15, -0.1) is 11.3 Å². The van der Waals surface area contributed by atoms with Crippen LogP contribution in [-0.4, -0.2) is 13.2 Å². The molecule has 5 heteroatoms. The normalized spacial score (nSPS) is 11.7. The molecule has 3 N–H and O–H groups in total. The molecule has 0 saturated carbocycles. The molecule has 1 unspecified atom stereocenters. The molecule has 1 heterocycles. The maximum Gasteiger partial charge on any atom is 0.177 e. The number of nitrogens with one attached hydrogen (secondary N) is 1. The molecule has 2 aromatic rings. The van der Waals surface area contributed by atoms with E-state index in [1.54, 1.807) is 7.11 Å². The SMILES string of the molecule is COc1c(NC(C)CCc2ccccc2)sc(C#N)c1N. The summed E-state index contributed by atoms with van der Waals surface area (Å²) in [4.78, 5) is 0.490. The number of hydrogen-bond acceptors (Lipinski definition) is 5. The number of nitriles is 1. The Hall–Kier alpha value is -2.19. The van der Waals surface area contributed by atoms with Gasteiger partial charge < -0.3 is 15.8 Å². The highest BCUT2D eigenvalue weighted by Crippen LogP contribution is 2.42. The minimum absolute atomic E-state index is 0.267. The van der Waals surface area contributed by atoms with Gasteiger partial charge in [0.15, 0.2) is 5.75 Å². The van der Waals surface area contributed by atoms with E-state index in [1.807, 2.05) is 6.07 Å². The molecular formula is C16H19N3OS. The van der Waals surface area contributed by atoms with Crippen molar-refractivity contribution in [2.45, 2.75) is 25.8 Å². The molecule has 110 valence electrons. The van der Waals surface area contributed by atoms with Gasteiger partial charge in [-0.2, -0.15) is 5.26 Å². The summed E-state index contributed by atoms with van der Waals surface area (Å²) in [6.45, 7) is 2.12. The molecule has 0 bridgehead atoms. The van der Waals surface area contributed by atoms with Crippen LogP contribution in [0.1, 0.15) is 23.8 Å². The first-order valence-electron chi connectivity index (χ1n) is 6.82. The van der Waals surface area contributed by atoms with E-state index in [-0.39, 0.29) is 6.04 Å². The third kappa shape index (κ3) is 3.67. The van der Waals surface area contributed by atoms with Gasteiger partial charge in [-0.1, -0.05) is 30.3 Å². The Morgan fingerprint density at radius 3 is 2.71 bits per heavy atom. The van der Waals surface area contributed by atoms with Gasteiger partial charge in [0.05, 0.1) is 7.11 Å². The molecule has 2 rings (SSSR count). The second-order valence-corrected chi connectivity index (χ2v) is 5.91. The number of nitrogen functional groups attached to an aromatic ring is 1. The fraction of sp³-hybridized carbons (Fsp3) is 0.312. The lowest BCUT2D eigenvalue weighted by Gasteiger charge is -2.15. The topological polar surface area (TPSA) is 71.1 Å². The Kier molecular flexibility index (Phi) is 5.07. The number of thiophene rings is 1. The molecule has 1 aromatic heterocycles. The quantitative estimate of drug-likeness (QED) is 0.854. The summed E-state index contributed by atoms with van der Waals surface area (Å²) in [5.74, 6) is 0.572. The zero-order valence-corrected chi connectivity index (χ0v) is 13.0. The first kappa shape index (κ1) is 15.2. The highest BCUT2D eigenvalue weighted by molar-refractivity contribution is 7.17. The van der Waals surface area contributed by atoms with Crippen molar-refractivity contribution in [3.05, 3.63) is 40.8 Å². The highest BCUT2D eigenvalue weighted by atomic mass is 32.1. The smallest absolute Gasteiger partial charge is 0.177 e. The molecule has 1 aromatic carbocycles. The number of nitrogens with zero attached hydrogens (tertiary/aromatic N) is 1. The van der Waals surface area contributed by atoms with Crippen LogP contribution in [0.2, 0.25) is 0 Å². The number of hydrogen-bond donors (Lipinski definition) is 2. The fourth-order valence-electron chi connectivity index (χ4n) is 2.13. The molecule has 0 amide bonds. The average Bonchev–Trinajstić information content (AvgIpc) is 2.81. The van der Waals surface area contributed by atoms with Gasteiger partial charge in [0, 0.05) is 6.04 Å². The van der Waals surface area contributed by atoms with Crippen LogP contribution >= 0.6 is 11.3 Å². The Morgan fingerprint density at radius 2 is 2.10 bits per heavy atom. The lowest BCUT2D eigenvalue weighted by atomic mass is 10.1. The van der Waals surface area contributed by atoms with Crippen LogP contribution < -0.4 is 15.8 Å². The first-order valence-corrected chi connectivity index (χ1v) is 7.64. The van der Waals surface area contributed by atoms with Crippen molar-refractivity contribution >= 4 is 22.0 Å². The van der Waals surface area contributed by atoms with E-state index in [1.165, 1.54) is 16.9 Å². The number of benzene rings is 1. The van der Waals surface area contributed by atoms with Crippen molar-refractivity contribution in [1.29, 1.82) is 5.26 Å². The lowest BCUT2D eigenvalue weighted by molar-refractivity contribution is 0.419. The van der Waals surface area contributed by atoms with Crippen LogP contribution in [0, 0.1) is 11.3 Å². The summed E-state index contributed by atoms with van der Waals surface area (Å²) in [6.07, 6.45) is 2.00. The van der Waals surface area contributed by atoms with Gasteiger partial charge in [-0.05, 0) is 25.3 Å². The molecule has 21 heavy (non-hydrogen) atoms. The fourth-order valence-corrected chi connectivity index (χ4v) is 3.13. The summed E-state index contributed by atoms with van der Waals surface area (Å²) in [7, 11) is 1.57. The van der Waals surface area contributed by atoms with Crippen molar-refractivity contribution < 1.29 is 4.74 Å². The third-order valence-corrected chi connectivity index (χ3v) is 4.31. The summed E-state index contributed by atoms with van der Waals surface area (Å²) in [6, 6.07) is 12.7. The van der Waals surface area contributed by atoms with Gasteiger partial charge in [0.2, 0.25) is 0 Å². The third-order valence-electron chi connectivity index (χ3n) is 3.29. The second-order valence-electron chi connectivity index (χ2n) is 4.89. The lowest BCUT2D eigenvalue weighted by Crippen LogP contribution is -2.15. The first-order chi connectivity index (χ1) is 10.2. The summed E-state index contributed by atoms with van der Waals surface area (Å²) in [5, 5.41) is 13.3. The zero-order valence-electron chi connectivity index (χ0n) is 12.2. The van der Waals surface area contributed by atoms with E-state index in [4.69, 9.17) is 15.7 Å². The highest BCUT2D eigenvalue weighted by Gasteiger charge is 2.17. The van der Waals surface area contributed by atoms with Gasteiger partial charge in [0.25, 0.3) is 0 Å². The van der Waals surface area contributed by atoms with Crippen LogP contribution in [0.4, 0.5) is 10.7 Å². The van der Waals surface area contributed by atoms with Crippen LogP contribution in [-0.2, 0) is 6.42 Å². The molecule has 0 spiro atoms. The number of rotatable bonds is 6. The minimum atomic E-state index is 0.267. The van der Waals surface area contributed by atoms with Crippen molar-refractivity contribution in [3.8, 4) is 11.8 Å². The van der Waals surface area contributed by atoms with Crippen LogP contribution in [0.5, 0.6) is 5.75 Å². The van der Waals surface area contributed by atoms with Gasteiger partial charge >= 0.3 is 0 Å². The number of nitrogens with two attached hydrogens (primary N) is 1. The Labute approximate surface area is 129 Å². The van der Waals surface area contributed by atoms with Crippen molar-refractivity contribution in [1.82, 2.24) is 0 Å². The summed E-state index contributed by atoms with van der Waals surface area (Å²) in [5.41, 5.74) is 7.63. The second kappa shape index (κ2) is 7.00. The van der Waals surface area contributed by atoms with Gasteiger partial charge in [-0.3, -0.25) is 0 Å². The maximum absolute atomic E-state index is 9.03. The number of methoxy groups -OCH3 is 1. The van der Waals surface area contributed by atoms with E-state index in [0.29, 0.717) is 16.3 Å². The van der Waals surface area contributed by atoms with E-state index in [9.17, 15) is 0 Å². The van der Waals surface area contributed by atoms with Crippen molar-refractivity contribution in [2.24, 2.45) is 0 Å². The largest absolute Gasteiger partial charge is 0.492 e. The van der Waals surface area contributed by atoms with Gasteiger partial charge in [0.1, 0.15) is 21.6 Å². The predicted molar refractivity (Wildman–Crippen MR) is 87.8 cm³/mol. The Bertz CT molecular complexity index is 631. The molecule has 0 radical (unpaired) electrons. The Morgan fingerprint density at radius 1 is 1.38 bits per heavy atom. The molecule has 0 saturated heterocycles. The van der Waals surface area contributed by atoms with Crippen LogP contribution in [0.15, 0.2) is 30.3 Å². The van der Waals surface area contributed by atoms with Crippen LogP contribution in [0.3, 0.4) is 0 Å². The number of anilines is 2. The van der Waals surface area contributed by atoms with Crippen molar-refractivity contribution in [2.75, 3.05) is 18.2 Å². The standard InChI is InChI=1S/C16H19N3OS/c1-11(8-9-12-6-4-3-5-7-12)19-16-15(20-2)14(18)13(10-17)21-16/h3-7,11,19H,8-9,18H2,1-2H3. The molecule has 1 atom stereocenters. The van der Waals surface area contributed by atoms with E-state index < -0.39 is 0 Å². The molecule has 0 fully saturated rings. The number of ether oxygens (including phenoxy) is 1. The predicted octanol–water partition coefficient (Wildman–Crippen LogP) is 3.64. The van der Waals surface area contributed by atoms with Gasteiger partial charge in [-0.25, -0.2) is 0 Å². The summed E-state index contributed by atoms with van der Waals surface area (Å²) < 4.78 is 5.29. The minimum Gasteiger partial charge on any atom is -0.492 e. The Balaban J connectivity index is 2.00. The van der Waals surface area contributed by atoms with E-state index in [0.717, 1.165) is 17.8 Å². The van der Waals surface area contributed by atoms with E-state index >= 15 is 0 Å². The van der Waals surface area contributed by atoms with Crippen LogP contribution in [0.25, 0.3) is 0 Å². The maximum atomic E-state index is 9.03. The van der Waals surface area contributed by atoms with Crippen molar-refractivity contribution in [3.63, 3.8) is 0 Å². The summed E-state index contributed by atoms with van der Waals surface area (Å²) >= 11 is 1.34. The van der Waals surface area contributed by atoms with E-state index in [2.05, 4.69) is 42.6 Å². The molecule has 0 aliphatic rings. The molecule has 0 aliphatic carbocycles. The monoisotopic (exact) mass is 301 g/mol. The number of aryl methyl sites for hydroxylation is 1. The molecular weight excluding hydrogens is 282 g/mol. The molecule has 0 aliphatic heterocycles. The average molecular weight is 301 g/mol. The zero-order chi connectivity index (χ0) is 15.2.